The summed E-state index contributed by atoms with van der Waals surface area (Å²) in [7, 11) is 1.17. The lowest BCUT2D eigenvalue weighted by Crippen LogP contribution is -2.11. The molecule has 0 amide bonds. The fourth-order valence-electron chi connectivity index (χ4n) is 1.97. The highest BCUT2D eigenvalue weighted by molar-refractivity contribution is 5.98. The molecule has 0 bridgehead atoms. The Bertz CT molecular complexity index is 843. The van der Waals surface area contributed by atoms with E-state index in [0.717, 1.165) is 5.39 Å². The first-order valence-corrected chi connectivity index (χ1v) is 6.59. The number of ether oxygens (including phenoxy) is 2. The van der Waals surface area contributed by atoms with E-state index in [0.29, 0.717) is 17.9 Å². The molecule has 22 heavy (non-hydrogen) atoms. The fourth-order valence-corrected chi connectivity index (χ4v) is 1.97. The van der Waals surface area contributed by atoms with Crippen LogP contribution in [0.5, 0.6) is 5.75 Å². The Kier molecular flexibility index (Phi) is 4.59. The smallest absolute Gasteiger partial charge is 0.348 e. The van der Waals surface area contributed by atoms with Crippen LogP contribution in [0.25, 0.3) is 17.0 Å². The molecule has 0 saturated carbocycles. The number of nitriles is 1. The minimum atomic E-state index is -0.787. The predicted molar refractivity (Wildman–Crippen MR) is 81.3 cm³/mol. The summed E-state index contributed by atoms with van der Waals surface area (Å²) in [6.45, 7) is 2.41. The molecule has 112 valence electrons. The maximum atomic E-state index is 12.0. The Morgan fingerprint density at radius 1 is 1.41 bits per heavy atom. The molecule has 0 atom stereocenters. The molecule has 0 aliphatic heterocycles. The Morgan fingerprint density at radius 2 is 2.18 bits per heavy atom. The lowest BCUT2D eigenvalue weighted by atomic mass is 10.1. The second kappa shape index (κ2) is 6.59. The first kappa shape index (κ1) is 15.3. The van der Waals surface area contributed by atoms with Crippen molar-refractivity contribution in [2.75, 3.05) is 13.7 Å². The lowest BCUT2D eigenvalue weighted by Gasteiger charge is -2.05. The first-order valence-electron chi connectivity index (χ1n) is 6.59. The summed E-state index contributed by atoms with van der Waals surface area (Å²) in [4.78, 5) is 26.1. The van der Waals surface area contributed by atoms with Crippen LogP contribution in [0.15, 0.2) is 34.6 Å². The van der Waals surface area contributed by atoms with Gasteiger partial charge in [0.15, 0.2) is 0 Å². The lowest BCUT2D eigenvalue weighted by molar-refractivity contribution is -0.135. The third-order valence-corrected chi connectivity index (χ3v) is 2.98. The van der Waals surface area contributed by atoms with E-state index in [9.17, 15) is 9.59 Å². The van der Waals surface area contributed by atoms with Gasteiger partial charge >= 0.3 is 5.97 Å². The Morgan fingerprint density at radius 3 is 2.82 bits per heavy atom. The number of methoxy groups -OCH3 is 1. The van der Waals surface area contributed by atoms with Gasteiger partial charge in [0.05, 0.1) is 13.7 Å². The molecule has 0 radical (unpaired) electrons. The summed E-state index contributed by atoms with van der Waals surface area (Å²) in [6, 6.07) is 8.58. The quantitative estimate of drug-likeness (QED) is 0.529. The number of hydrogen-bond acceptors (Lipinski definition) is 5. The summed E-state index contributed by atoms with van der Waals surface area (Å²) in [6.07, 6.45) is 1.21. The molecule has 6 nitrogen and oxygen atoms in total. The van der Waals surface area contributed by atoms with Crippen molar-refractivity contribution in [1.29, 1.82) is 5.26 Å². The van der Waals surface area contributed by atoms with Crippen molar-refractivity contribution in [3.63, 3.8) is 0 Å². The van der Waals surface area contributed by atoms with Gasteiger partial charge in [-0.15, -0.1) is 0 Å². The number of aromatic amines is 1. The maximum Gasteiger partial charge on any atom is 0.348 e. The SMILES string of the molecule is CCOc1ccc2[nH]c(=O)c(/C=C(/C#N)C(=O)OC)cc2c1. The van der Waals surface area contributed by atoms with Gasteiger partial charge in [0, 0.05) is 16.5 Å². The number of benzene rings is 1. The number of hydrogen-bond donors (Lipinski definition) is 1. The van der Waals surface area contributed by atoms with Gasteiger partial charge in [-0.05, 0) is 37.3 Å². The molecule has 0 fully saturated rings. The average Bonchev–Trinajstić information content (AvgIpc) is 2.52. The van der Waals surface area contributed by atoms with Gasteiger partial charge < -0.3 is 14.5 Å². The van der Waals surface area contributed by atoms with Crippen molar-refractivity contribution >= 4 is 22.9 Å². The zero-order chi connectivity index (χ0) is 16.1. The van der Waals surface area contributed by atoms with E-state index in [-0.39, 0.29) is 11.1 Å². The van der Waals surface area contributed by atoms with Crippen molar-refractivity contribution in [2.24, 2.45) is 0 Å². The molecule has 6 heteroatoms. The van der Waals surface area contributed by atoms with Crippen LogP contribution in [0.2, 0.25) is 0 Å². The van der Waals surface area contributed by atoms with E-state index in [2.05, 4.69) is 9.72 Å². The van der Waals surface area contributed by atoms with Gasteiger partial charge in [-0.3, -0.25) is 4.79 Å². The minimum Gasteiger partial charge on any atom is -0.494 e. The number of rotatable bonds is 4. The number of carbonyl (C=O) groups is 1. The van der Waals surface area contributed by atoms with Crippen molar-refractivity contribution in [3.8, 4) is 11.8 Å². The van der Waals surface area contributed by atoms with Crippen LogP contribution in [-0.2, 0) is 9.53 Å². The van der Waals surface area contributed by atoms with Gasteiger partial charge in [0.25, 0.3) is 5.56 Å². The maximum absolute atomic E-state index is 12.0. The molecule has 0 unspecified atom stereocenters. The zero-order valence-corrected chi connectivity index (χ0v) is 12.2. The number of aromatic nitrogens is 1. The average molecular weight is 298 g/mol. The summed E-state index contributed by atoms with van der Waals surface area (Å²) in [5.41, 5.74) is 0.201. The minimum absolute atomic E-state index is 0.197. The predicted octanol–water partition coefficient (Wildman–Crippen LogP) is 2.01. The standard InChI is InChI=1S/C16H14N2O4/c1-3-22-13-4-5-14-10(8-13)6-11(15(19)18-14)7-12(9-17)16(20)21-2/h4-8H,3H2,1-2H3,(H,18,19)/b12-7-. The topological polar surface area (TPSA) is 92.2 Å². The van der Waals surface area contributed by atoms with Gasteiger partial charge in [-0.1, -0.05) is 0 Å². The fraction of sp³-hybridized carbons (Fsp3) is 0.188. The summed E-state index contributed by atoms with van der Waals surface area (Å²) in [5, 5.41) is 9.69. The Balaban J connectivity index is 2.57. The van der Waals surface area contributed by atoms with E-state index in [4.69, 9.17) is 10.00 Å². The highest BCUT2D eigenvalue weighted by Crippen LogP contribution is 2.20. The van der Waals surface area contributed by atoms with Crippen LogP contribution in [0.3, 0.4) is 0 Å². The molecular formula is C16H14N2O4. The van der Waals surface area contributed by atoms with Crippen molar-refractivity contribution in [2.45, 2.75) is 6.92 Å². The van der Waals surface area contributed by atoms with Crippen LogP contribution in [0.1, 0.15) is 12.5 Å². The number of nitrogens with one attached hydrogen (secondary N) is 1. The number of fused-ring (bicyclic) bond motifs is 1. The van der Waals surface area contributed by atoms with Gasteiger partial charge in [-0.25, -0.2) is 4.79 Å². The molecule has 0 aliphatic rings. The van der Waals surface area contributed by atoms with Crippen molar-refractivity contribution in [1.82, 2.24) is 4.98 Å². The van der Waals surface area contributed by atoms with E-state index in [1.54, 1.807) is 30.3 Å². The summed E-state index contributed by atoms with van der Waals surface area (Å²) < 4.78 is 9.90. The molecule has 2 aromatic rings. The molecular weight excluding hydrogens is 284 g/mol. The Labute approximate surface area is 126 Å². The van der Waals surface area contributed by atoms with Gasteiger partial charge in [0.1, 0.15) is 17.4 Å². The molecule has 0 spiro atoms. The van der Waals surface area contributed by atoms with Crippen LogP contribution in [0, 0.1) is 11.3 Å². The van der Waals surface area contributed by atoms with Crippen molar-refractivity contribution < 1.29 is 14.3 Å². The van der Waals surface area contributed by atoms with E-state index < -0.39 is 11.5 Å². The molecule has 1 aromatic heterocycles. The second-order valence-electron chi connectivity index (χ2n) is 4.40. The number of H-pyrrole nitrogens is 1. The van der Waals surface area contributed by atoms with E-state index in [1.165, 1.54) is 13.2 Å². The van der Waals surface area contributed by atoms with Crippen LogP contribution in [0.4, 0.5) is 0 Å². The molecule has 0 saturated heterocycles. The first-order chi connectivity index (χ1) is 10.6. The third-order valence-electron chi connectivity index (χ3n) is 2.98. The Hall–Kier alpha value is -3.07. The monoisotopic (exact) mass is 298 g/mol. The number of nitrogens with zero attached hydrogens (tertiary/aromatic N) is 1. The number of esters is 1. The van der Waals surface area contributed by atoms with E-state index >= 15 is 0 Å². The molecule has 1 aromatic carbocycles. The van der Waals surface area contributed by atoms with Gasteiger partial charge in [0.2, 0.25) is 0 Å². The second-order valence-corrected chi connectivity index (χ2v) is 4.40. The zero-order valence-electron chi connectivity index (χ0n) is 12.2. The highest BCUT2D eigenvalue weighted by atomic mass is 16.5. The normalized spacial score (nSPS) is 11.0. The molecule has 1 heterocycles. The number of carbonyl (C=O) groups excluding carboxylic acids is 1. The van der Waals surface area contributed by atoms with Crippen LogP contribution in [-0.4, -0.2) is 24.7 Å². The van der Waals surface area contributed by atoms with Crippen LogP contribution >= 0.6 is 0 Å². The summed E-state index contributed by atoms with van der Waals surface area (Å²) in [5.74, 6) is -0.115. The highest BCUT2D eigenvalue weighted by Gasteiger charge is 2.10. The number of pyridine rings is 1. The molecule has 0 aliphatic carbocycles. The molecule has 2 rings (SSSR count). The van der Waals surface area contributed by atoms with Crippen LogP contribution < -0.4 is 10.3 Å². The van der Waals surface area contributed by atoms with Crippen molar-refractivity contribution in [3.05, 3.63) is 45.8 Å². The third kappa shape index (κ3) is 3.15. The molecule has 1 N–H and O–H groups in total. The van der Waals surface area contributed by atoms with E-state index in [1.807, 2.05) is 6.92 Å². The van der Waals surface area contributed by atoms with Gasteiger partial charge in [-0.2, -0.15) is 5.26 Å². The largest absolute Gasteiger partial charge is 0.494 e. The summed E-state index contributed by atoms with van der Waals surface area (Å²) >= 11 is 0.